The van der Waals surface area contributed by atoms with Crippen LogP contribution in [-0.4, -0.2) is 59.7 Å². The van der Waals surface area contributed by atoms with Gasteiger partial charge in [0.05, 0.1) is 14.2 Å². The summed E-state index contributed by atoms with van der Waals surface area (Å²) in [6.07, 6.45) is 0. The fourth-order valence-corrected chi connectivity index (χ4v) is 0.0680. The van der Waals surface area contributed by atoms with Crippen molar-refractivity contribution in [3.8, 4) is 0 Å². The average molecular weight is 166 g/mol. The van der Waals surface area contributed by atoms with E-state index >= 15 is 0 Å². The molecule has 0 spiro atoms. The van der Waals surface area contributed by atoms with Crippen LogP contribution in [0.1, 0.15) is 0 Å². The van der Waals surface area contributed by atoms with Crippen LogP contribution < -0.4 is 0 Å². The minimum absolute atomic E-state index is 0. The minimum Gasteiger partial charge on any atom is -0.210 e. The van der Waals surface area contributed by atoms with Gasteiger partial charge in [0.1, 0.15) is 0 Å². The third-order valence-corrected chi connectivity index (χ3v) is 0.136. The molecule has 0 fully saturated rings. The van der Waals surface area contributed by atoms with E-state index in [1.807, 2.05) is 0 Å². The van der Waals surface area contributed by atoms with Crippen LogP contribution in [0, 0.1) is 0 Å². The summed E-state index contributed by atoms with van der Waals surface area (Å²) in [4.78, 5) is 7.94. The third-order valence-electron chi connectivity index (χ3n) is 0.136. The van der Waals surface area contributed by atoms with E-state index in [2.05, 4.69) is 14.8 Å². The van der Waals surface area contributed by atoms with Gasteiger partial charge in [-0.2, -0.15) is 0 Å². The number of hydrogen-bond acceptors (Lipinski definition) is 3. The van der Waals surface area contributed by atoms with Crippen molar-refractivity contribution >= 4 is 45.5 Å². The molecule has 4 heteroatoms. The van der Waals surface area contributed by atoms with Gasteiger partial charge in [0.15, 0.2) is 0 Å². The molecule has 0 amide bonds. The zero-order valence-corrected chi connectivity index (χ0v) is 7.41. The normalized spacial score (nSPS) is 7.00. The molecule has 0 atom stereocenters. The van der Waals surface area contributed by atoms with Crippen LogP contribution in [0.3, 0.4) is 0 Å². The summed E-state index contributed by atoms with van der Waals surface area (Å²) in [5.41, 5.74) is 0. The Kier molecular flexibility index (Phi) is 16.6. The van der Waals surface area contributed by atoms with Gasteiger partial charge in [-0.3, -0.25) is 0 Å². The summed E-state index contributed by atoms with van der Waals surface area (Å²) in [5.74, 6) is 0. The van der Waals surface area contributed by atoms with Crippen molar-refractivity contribution in [3.63, 3.8) is 0 Å². The Morgan fingerprint density at radius 3 is 1.33 bits per heavy atom. The molecule has 0 saturated carbocycles. The zero-order chi connectivity index (χ0) is 4.12. The van der Waals surface area contributed by atoms with Gasteiger partial charge in [-0.25, -0.2) is 9.78 Å². The molecule has 0 aromatic carbocycles. The Labute approximate surface area is 73.7 Å². The fourth-order valence-electron chi connectivity index (χ4n) is 0.0680. The molecule has 0 aliphatic rings. The molecule has 2 radical (unpaired) electrons. The summed E-state index contributed by atoms with van der Waals surface area (Å²) in [6.45, 7) is 0. The van der Waals surface area contributed by atoms with Gasteiger partial charge in [-0.15, -0.1) is 0 Å². The summed E-state index contributed by atoms with van der Waals surface area (Å²) < 4.78 is 0. The van der Waals surface area contributed by atoms with Crippen LogP contribution >= 0.6 is 0 Å². The predicted octanol–water partition coefficient (Wildman–Crippen LogP) is -0.255. The largest absolute Gasteiger partial charge is 0.210 e. The summed E-state index contributed by atoms with van der Waals surface area (Å²) in [5, 5.41) is 3.83. The molecule has 0 aliphatic carbocycles. The van der Waals surface area contributed by atoms with Gasteiger partial charge >= 0.3 is 0 Å². The van der Waals surface area contributed by atoms with Crippen molar-refractivity contribution in [2.75, 3.05) is 14.2 Å². The predicted molar refractivity (Wildman–Crippen MR) is 20.9 cm³/mol. The maximum absolute atomic E-state index is 3.97. The summed E-state index contributed by atoms with van der Waals surface area (Å²) in [7, 11) is 2.73. The van der Waals surface area contributed by atoms with Crippen molar-refractivity contribution in [2.45, 2.75) is 0 Å². The summed E-state index contributed by atoms with van der Waals surface area (Å²) >= 11 is 0. The van der Waals surface area contributed by atoms with E-state index in [-0.39, 0.29) is 45.5 Å². The van der Waals surface area contributed by atoms with E-state index in [1.165, 1.54) is 14.2 Å². The minimum atomic E-state index is 0. The van der Waals surface area contributed by atoms with E-state index in [0.29, 0.717) is 0 Å². The van der Waals surface area contributed by atoms with E-state index in [4.69, 9.17) is 0 Å². The van der Waals surface area contributed by atoms with Gasteiger partial charge in [-0.05, 0) is 0 Å². The Morgan fingerprint density at radius 1 is 1.00 bits per heavy atom. The Bertz CT molecular complexity index is 16.3. The van der Waals surface area contributed by atoms with Crippen molar-refractivity contribution in [3.05, 3.63) is 0 Å². The first-order valence-corrected chi connectivity index (χ1v) is 1.15. The number of rotatable bonds is 2. The maximum Gasteiger partial charge on any atom is 0.0744 e. The molecule has 0 saturated heterocycles. The quantitative estimate of drug-likeness (QED) is 0.321. The Hall–Kier alpha value is 1.36. The standard InChI is InChI=1S/C2H6O3.Sr/c1-3-5-4-2;/h1-2H3;. The second-order valence-corrected chi connectivity index (χ2v) is 0.401. The van der Waals surface area contributed by atoms with Gasteiger partial charge < -0.3 is 0 Å². The van der Waals surface area contributed by atoms with Crippen LogP contribution in [0.5, 0.6) is 0 Å². The second-order valence-electron chi connectivity index (χ2n) is 0.401. The molecule has 0 unspecified atom stereocenters. The summed E-state index contributed by atoms with van der Waals surface area (Å²) in [6, 6.07) is 0. The molecule has 0 aromatic heterocycles. The third kappa shape index (κ3) is 9.03. The van der Waals surface area contributed by atoms with Crippen molar-refractivity contribution < 1.29 is 14.8 Å². The van der Waals surface area contributed by atoms with Crippen LogP contribution in [0.25, 0.3) is 0 Å². The fraction of sp³-hybridized carbons (Fsp3) is 1.00. The smallest absolute Gasteiger partial charge is 0.0744 e. The molecule has 0 bridgehead atoms. The van der Waals surface area contributed by atoms with E-state index in [1.54, 1.807) is 0 Å². The van der Waals surface area contributed by atoms with Crippen LogP contribution in [0.2, 0.25) is 0 Å². The van der Waals surface area contributed by atoms with E-state index in [0.717, 1.165) is 0 Å². The van der Waals surface area contributed by atoms with Crippen molar-refractivity contribution in [1.29, 1.82) is 0 Å². The molecule has 0 rings (SSSR count). The average Bonchev–Trinajstić information content (AvgIpc) is 1.41. The zero-order valence-electron chi connectivity index (χ0n) is 3.93. The topological polar surface area (TPSA) is 27.7 Å². The van der Waals surface area contributed by atoms with Gasteiger partial charge in [-0.1, -0.05) is 5.04 Å². The number of hydrogen-bond donors (Lipinski definition) is 0. The molecule has 0 aromatic rings. The molecular weight excluding hydrogens is 160 g/mol. The second kappa shape index (κ2) is 9.61. The molecule has 0 aliphatic heterocycles. The van der Waals surface area contributed by atoms with E-state index in [9.17, 15) is 0 Å². The van der Waals surface area contributed by atoms with Crippen molar-refractivity contribution in [1.82, 2.24) is 0 Å². The maximum atomic E-state index is 3.97. The molecule has 0 N–H and O–H groups in total. The van der Waals surface area contributed by atoms with Gasteiger partial charge in [0.2, 0.25) is 0 Å². The molecule has 3 nitrogen and oxygen atoms in total. The van der Waals surface area contributed by atoms with Crippen LogP contribution in [0.4, 0.5) is 0 Å². The first-order valence-electron chi connectivity index (χ1n) is 1.15. The molecule has 0 heterocycles. The Morgan fingerprint density at radius 2 is 1.33 bits per heavy atom. The van der Waals surface area contributed by atoms with Crippen LogP contribution in [-0.2, 0) is 14.8 Å². The monoisotopic (exact) mass is 166 g/mol. The first-order chi connectivity index (χ1) is 2.41. The molecule has 34 valence electrons. The molecular formula is C2H6O3Sr. The first kappa shape index (κ1) is 10.4. The SMILES string of the molecule is COOOC.[Sr]. The van der Waals surface area contributed by atoms with Gasteiger partial charge in [0.25, 0.3) is 0 Å². The molecule has 6 heavy (non-hydrogen) atoms. The van der Waals surface area contributed by atoms with Crippen molar-refractivity contribution in [2.24, 2.45) is 0 Å². The Balaban J connectivity index is 0. The van der Waals surface area contributed by atoms with Gasteiger partial charge in [0, 0.05) is 45.5 Å². The van der Waals surface area contributed by atoms with E-state index < -0.39 is 0 Å². The van der Waals surface area contributed by atoms with Crippen LogP contribution in [0.15, 0.2) is 0 Å².